The number of halogens is 2. The molecule has 1 N–H and O–H groups in total. The first-order chi connectivity index (χ1) is 8.11. The van der Waals surface area contributed by atoms with E-state index in [1.165, 1.54) is 0 Å². The van der Waals surface area contributed by atoms with Crippen molar-refractivity contribution >= 4 is 23.2 Å². The fourth-order valence-electron chi connectivity index (χ4n) is 2.12. The minimum atomic E-state index is -0.0228. The fraction of sp³-hybridized carbons (Fsp3) is 0.538. The zero-order chi connectivity index (χ0) is 12.3. The zero-order valence-electron chi connectivity index (χ0n) is 9.93. The predicted molar refractivity (Wildman–Crippen MR) is 71.8 cm³/mol. The molecule has 1 heterocycles. The van der Waals surface area contributed by atoms with Crippen molar-refractivity contribution in [2.75, 3.05) is 13.2 Å². The summed E-state index contributed by atoms with van der Waals surface area (Å²) in [6.07, 6.45) is 2.26. The summed E-state index contributed by atoms with van der Waals surface area (Å²) >= 11 is 12.1. The van der Waals surface area contributed by atoms with E-state index in [1.54, 1.807) is 6.07 Å². The molecule has 1 aromatic carbocycles. The van der Waals surface area contributed by atoms with Crippen molar-refractivity contribution in [2.45, 2.75) is 31.9 Å². The SMILES string of the molecule is CC1(CNCc2cccc(Cl)c2Cl)CCCO1. The van der Waals surface area contributed by atoms with E-state index >= 15 is 0 Å². The molecule has 1 unspecified atom stereocenters. The molecule has 0 aromatic heterocycles. The lowest BCUT2D eigenvalue weighted by molar-refractivity contribution is 0.0207. The molecule has 17 heavy (non-hydrogen) atoms. The second kappa shape index (κ2) is 5.57. The topological polar surface area (TPSA) is 21.3 Å². The normalized spacial score (nSPS) is 24.2. The molecular formula is C13H17Cl2NO. The molecule has 0 bridgehead atoms. The van der Waals surface area contributed by atoms with Crippen molar-refractivity contribution in [2.24, 2.45) is 0 Å². The van der Waals surface area contributed by atoms with E-state index in [9.17, 15) is 0 Å². The van der Waals surface area contributed by atoms with Crippen molar-refractivity contribution in [1.29, 1.82) is 0 Å². The van der Waals surface area contributed by atoms with Gasteiger partial charge in [-0.05, 0) is 31.4 Å². The molecule has 2 nitrogen and oxygen atoms in total. The first kappa shape index (κ1) is 13.2. The van der Waals surface area contributed by atoms with Crippen molar-refractivity contribution in [1.82, 2.24) is 5.32 Å². The molecule has 94 valence electrons. The molecule has 1 aromatic rings. The van der Waals surface area contributed by atoms with E-state index in [4.69, 9.17) is 27.9 Å². The average molecular weight is 274 g/mol. The Morgan fingerprint density at radius 2 is 2.24 bits per heavy atom. The molecule has 1 aliphatic heterocycles. The standard InChI is InChI=1S/C13H17Cl2NO/c1-13(6-3-7-17-13)9-16-8-10-4-2-5-11(14)12(10)15/h2,4-5,16H,3,6-9H2,1H3. The van der Waals surface area contributed by atoms with Gasteiger partial charge < -0.3 is 10.1 Å². The van der Waals surface area contributed by atoms with Crippen molar-refractivity contribution in [3.63, 3.8) is 0 Å². The van der Waals surface area contributed by atoms with Gasteiger partial charge in [0.2, 0.25) is 0 Å². The van der Waals surface area contributed by atoms with Crippen molar-refractivity contribution in [3.8, 4) is 0 Å². The molecule has 1 fully saturated rings. The molecule has 0 aliphatic carbocycles. The third kappa shape index (κ3) is 3.35. The number of ether oxygens (including phenoxy) is 1. The first-order valence-electron chi connectivity index (χ1n) is 5.88. The van der Waals surface area contributed by atoms with E-state index in [0.29, 0.717) is 10.0 Å². The maximum atomic E-state index is 6.12. The van der Waals surface area contributed by atoms with Crippen LogP contribution in [0.15, 0.2) is 18.2 Å². The number of benzene rings is 1. The van der Waals surface area contributed by atoms with Gasteiger partial charge in [-0.15, -0.1) is 0 Å². The van der Waals surface area contributed by atoms with Crippen LogP contribution in [0.3, 0.4) is 0 Å². The molecule has 0 amide bonds. The van der Waals surface area contributed by atoms with Crippen LogP contribution < -0.4 is 5.32 Å². The highest BCUT2D eigenvalue weighted by Gasteiger charge is 2.28. The summed E-state index contributed by atoms with van der Waals surface area (Å²) in [4.78, 5) is 0. The molecular weight excluding hydrogens is 257 g/mol. The summed E-state index contributed by atoms with van der Waals surface area (Å²) in [6, 6.07) is 5.70. The quantitative estimate of drug-likeness (QED) is 0.904. The van der Waals surface area contributed by atoms with Crippen molar-refractivity contribution in [3.05, 3.63) is 33.8 Å². The van der Waals surface area contributed by atoms with E-state index in [2.05, 4.69) is 12.2 Å². The highest BCUT2D eigenvalue weighted by atomic mass is 35.5. The van der Waals surface area contributed by atoms with Crippen LogP contribution >= 0.6 is 23.2 Å². The summed E-state index contributed by atoms with van der Waals surface area (Å²) in [6.45, 7) is 4.58. The van der Waals surface area contributed by atoms with E-state index in [1.807, 2.05) is 12.1 Å². The van der Waals surface area contributed by atoms with E-state index < -0.39 is 0 Å². The predicted octanol–water partition coefficient (Wildman–Crippen LogP) is 3.65. The van der Waals surface area contributed by atoms with E-state index in [-0.39, 0.29) is 5.60 Å². The maximum Gasteiger partial charge on any atom is 0.0779 e. The second-order valence-electron chi connectivity index (χ2n) is 4.72. The van der Waals surface area contributed by atoms with Crippen LogP contribution in [0.5, 0.6) is 0 Å². The Hall–Kier alpha value is -0.280. The van der Waals surface area contributed by atoms with Crippen molar-refractivity contribution < 1.29 is 4.74 Å². The summed E-state index contributed by atoms with van der Waals surface area (Å²) in [7, 11) is 0. The average Bonchev–Trinajstić information content (AvgIpc) is 2.72. The highest BCUT2D eigenvalue weighted by molar-refractivity contribution is 6.42. The van der Waals surface area contributed by atoms with Crippen LogP contribution in [0.1, 0.15) is 25.3 Å². The van der Waals surface area contributed by atoms with Crippen LogP contribution in [0, 0.1) is 0 Å². The van der Waals surface area contributed by atoms with Crippen LogP contribution in [0.2, 0.25) is 10.0 Å². The van der Waals surface area contributed by atoms with E-state index in [0.717, 1.165) is 38.1 Å². The third-order valence-corrected chi connectivity index (χ3v) is 4.00. The lowest BCUT2D eigenvalue weighted by Gasteiger charge is -2.23. The van der Waals surface area contributed by atoms with Gasteiger partial charge in [0.15, 0.2) is 0 Å². The van der Waals surface area contributed by atoms with Gasteiger partial charge in [-0.2, -0.15) is 0 Å². The number of hydrogen-bond donors (Lipinski definition) is 1. The minimum absolute atomic E-state index is 0.0228. The zero-order valence-corrected chi connectivity index (χ0v) is 11.4. The minimum Gasteiger partial charge on any atom is -0.374 e. The monoisotopic (exact) mass is 273 g/mol. The Balaban J connectivity index is 1.88. The molecule has 2 rings (SSSR count). The van der Waals surface area contributed by atoms with Gasteiger partial charge in [-0.1, -0.05) is 35.3 Å². The Kier molecular flexibility index (Phi) is 4.31. The second-order valence-corrected chi connectivity index (χ2v) is 5.50. The largest absolute Gasteiger partial charge is 0.374 e. The fourth-order valence-corrected chi connectivity index (χ4v) is 2.51. The number of nitrogens with one attached hydrogen (secondary N) is 1. The maximum absolute atomic E-state index is 6.12. The Bertz CT molecular complexity index is 389. The molecule has 0 radical (unpaired) electrons. The number of rotatable bonds is 4. The Labute approximate surface area is 112 Å². The molecule has 0 saturated carbocycles. The van der Waals surface area contributed by atoms with Crippen LogP contribution in [-0.4, -0.2) is 18.8 Å². The van der Waals surface area contributed by atoms with Crippen LogP contribution in [0.25, 0.3) is 0 Å². The van der Waals surface area contributed by atoms with Gasteiger partial charge in [-0.25, -0.2) is 0 Å². The first-order valence-corrected chi connectivity index (χ1v) is 6.64. The molecule has 1 saturated heterocycles. The van der Waals surface area contributed by atoms with Gasteiger partial charge in [-0.3, -0.25) is 0 Å². The number of hydrogen-bond acceptors (Lipinski definition) is 2. The molecule has 1 aliphatic rings. The van der Waals surface area contributed by atoms with Gasteiger partial charge >= 0.3 is 0 Å². The smallest absolute Gasteiger partial charge is 0.0779 e. The molecule has 1 atom stereocenters. The molecule has 4 heteroatoms. The lowest BCUT2D eigenvalue weighted by Crippen LogP contribution is -2.36. The summed E-state index contributed by atoms with van der Waals surface area (Å²) in [5.41, 5.74) is 1.01. The summed E-state index contributed by atoms with van der Waals surface area (Å²) in [5, 5.41) is 4.63. The van der Waals surface area contributed by atoms with Gasteiger partial charge in [0.25, 0.3) is 0 Å². The highest BCUT2D eigenvalue weighted by Crippen LogP contribution is 2.26. The van der Waals surface area contributed by atoms with Gasteiger partial charge in [0.1, 0.15) is 0 Å². The van der Waals surface area contributed by atoms with Crippen LogP contribution in [-0.2, 0) is 11.3 Å². The van der Waals surface area contributed by atoms with Gasteiger partial charge in [0.05, 0.1) is 15.6 Å². The molecule has 0 spiro atoms. The lowest BCUT2D eigenvalue weighted by atomic mass is 10.0. The Morgan fingerprint density at radius 1 is 1.41 bits per heavy atom. The van der Waals surface area contributed by atoms with Crippen LogP contribution in [0.4, 0.5) is 0 Å². The summed E-state index contributed by atoms with van der Waals surface area (Å²) in [5.74, 6) is 0. The van der Waals surface area contributed by atoms with Gasteiger partial charge in [0, 0.05) is 19.7 Å². The Morgan fingerprint density at radius 3 is 2.94 bits per heavy atom. The third-order valence-electron chi connectivity index (χ3n) is 3.15. The summed E-state index contributed by atoms with van der Waals surface area (Å²) < 4.78 is 5.71.